The first-order chi connectivity index (χ1) is 7.01. The fraction of sp³-hybridized carbons (Fsp3) is 0.250. The van der Waals surface area contributed by atoms with E-state index >= 15 is 0 Å². The van der Waals surface area contributed by atoms with E-state index in [1.807, 2.05) is 0 Å². The van der Waals surface area contributed by atoms with Crippen LogP contribution in [0.2, 0.25) is 0 Å². The number of benzene rings is 1. The molecule has 0 fully saturated rings. The van der Waals surface area contributed by atoms with Crippen molar-refractivity contribution in [3.63, 3.8) is 0 Å². The van der Waals surface area contributed by atoms with Gasteiger partial charge in [-0.1, -0.05) is 21.1 Å². The molecule has 0 aromatic heterocycles. The van der Waals surface area contributed by atoms with Crippen LogP contribution in [0.1, 0.15) is 5.56 Å². The Morgan fingerprint density at radius 2 is 2.07 bits per heavy atom. The highest BCUT2D eigenvalue weighted by atomic mass is 32.2. The summed E-state index contributed by atoms with van der Waals surface area (Å²) in [6.45, 7) is 0.150. The van der Waals surface area contributed by atoms with E-state index in [9.17, 15) is 17.3 Å². The van der Waals surface area contributed by atoms with E-state index in [0.717, 1.165) is 0 Å². The van der Waals surface area contributed by atoms with Gasteiger partial charge in [-0.05, 0) is 17.7 Å². The summed E-state index contributed by atoms with van der Waals surface area (Å²) < 4.78 is 46.3. The zero-order valence-corrected chi connectivity index (χ0v) is 8.55. The van der Waals surface area contributed by atoms with Crippen molar-refractivity contribution in [2.45, 2.75) is 6.54 Å². The minimum Gasteiger partial charge on any atom is -0.326 e. The highest BCUT2D eigenvalue weighted by Gasteiger charge is 2.22. The Hall–Kier alpha value is -1.21. The van der Waals surface area contributed by atoms with Crippen molar-refractivity contribution in [3.8, 4) is 0 Å². The van der Waals surface area contributed by atoms with Crippen LogP contribution >= 0.6 is 0 Å². The number of nitrogens with two attached hydrogens (primary N) is 1. The number of hydrogen-bond donors (Lipinski definition) is 1. The lowest BCUT2D eigenvalue weighted by atomic mass is 10.2. The van der Waals surface area contributed by atoms with E-state index in [-0.39, 0.29) is 12.2 Å². The van der Waals surface area contributed by atoms with Gasteiger partial charge in [0.25, 0.3) is 10.0 Å². The summed E-state index contributed by atoms with van der Waals surface area (Å²) in [5.41, 5.74) is 5.60. The lowest BCUT2D eigenvalue weighted by Gasteiger charge is -2.12. The number of hydrogen-bond acceptors (Lipinski definition) is 3. The summed E-state index contributed by atoms with van der Waals surface area (Å²) in [7, 11) is -4.52. The maximum absolute atomic E-state index is 13.2. The summed E-state index contributed by atoms with van der Waals surface area (Å²) in [6, 6.07) is 3.73. The lowest BCUT2D eigenvalue weighted by Crippen LogP contribution is -2.23. The van der Waals surface area contributed by atoms with Crippen LogP contribution in [0.3, 0.4) is 0 Å². The Morgan fingerprint density at radius 1 is 1.40 bits per heavy atom. The van der Waals surface area contributed by atoms with Crippen molar-refractivity contribution < 1.29 is 17.3 Å². The largest absolute Gasteiger partial charge is 0.326 e. The molecule has 0 unspecified atom stereocenters. The van der Waals surface area contributed by atoms with Gasteiger partial charge in [-0.15, -0.1) is 0 Å². The van der Waals surface area contributed by atoms with Gasteiger partial charge < -0.3 is 5.73 Å². The third kappa shape index (κ3) is 2.63. The van der Waals surface area contributed by atoms with Gasteiger partial charge in [-0.2, -0.15) is 0 Å². The predicted molar refractivity (Wildman–Crippen MR) is 52.8 cm³/mol. The van der Waals surface area contributed by atoms with E-state index in [4.69, 9.17) is 5.73 Å². The van der Waals surface area contributed by atoms with Gasteiger partial charge in [0.1, 0.15) is 0 Å². The highest BCUT2D eigenvalue weighted by Crippen LogP contribution is 2.20. The second-order valence-corrected chi connectivity index (χ2v) is 4.51. The monoisotopic (exact) mass is 236 g/mol. The van der Waals surface area contributed by atoms with Crippen LogP contribution in [0, 0.1) is 0 Å². The van der Waals surface area contributed by atoms with Crippen LogP contribution in [0.5, 0.6) is 0 Å². The third-order valence-electron chi connectivity index (χ3n) is 1.73. The van der Waals surface area contributed by atoms with E-state index in [2.05, 4.69) is 0 Å². The summed E-state index contributed by atoms with van der Waals surface area (Å²) in [5.74, 6) is 0. The average Bonchev–Trinajstić information content (AvgIpc) is 2.28. The number of anilines is 1. The molecule has 1 aromatic rings. The molecular weight excluding hydrogens is 226 g/mol. The van der Waals surface area contributed by atoms with Crippen LogP contribution < -0.4 is 10.3 Å². The molecule has 0 aliphatic carbocycles. The number of sulfonamides is 1. The number of rotatable bonds is 4. The van der Waals surface area contributed by atoms with Gasteiger partial charge in [0, 0.05) is 6.54 Å². The average molecular weight is 236 g/mol. The fourth-order valence-electron chi connectivity index (χ4n) is 0.996. The molecule has 0 bridgehead atoms. The molecule has 0 amide bonds. The van der Waals surface area contributed by atoms with Crippen molar-refractivity contribution in [1.82, 2.24) is 0 Å². The summed E-state index contributed by atoms with van der Waals surface area (Å²) in [5, 5.41) is 0. The first kappa shape index (κ1) is 11.9. The molecule has 0 atom stereocenters. The minimum atomic E-state index is -4.52. The lowest BCUT2D eigenvalue weighted by molar-refractivity contribution is 0.472. The molecule has 0 aliphatic rings. The van der Waals surface area contributed by atoms with Crippen molar-refractivity contribution in [2.24, 2.45) is 5.73 Å². The topological polar surface area (TPSA) is 63.4 Å². The zero-order chi connectivity index (χ0) is 11.5. The van der Waals surface area contributed by atoms with Gasteiger partial charge in [0.05, 0.1) is 5.69 Å². The maximum Gasteiger partial charge on any atom is 0.290 e. The normalized spacial score (nSPS) is 11.4. The van der Waals surface area contributed by atoms with Gasteiger partial charge in [-0.3, -0.25) is 0 Å². The second kappa shape index (κ2) is 4.54. The Kier molecular flexibility index (Phi) is 3.59. The Morgan fingerprint density at radius 3 is 2.60 bits per heavy atom. The minimum absolute atomic E-state index is 0.150. The smallest absolute Gasteiger partial charge is 0.290 e. The first-order valence-electron chi connectivity index (χ1n) is 4.05. The fourth-order valence-corrected chi connectivity index (χ4v) is 1.52. The molecule has 2 N–H and O–H groups in total. The van der Waals surface area contributed by atoms with Crippen LogP contribution in [0.4, 0.5) is 14.6 Å². The molecule has 1 aromatic carbocycles. The Balaban J connectivity index is 3.06. The van der Waals surface area contributed by atoms with Crippen LogP contribution in [0.15, 0.2) is 24.3 Å². The summed E-state index contributed by atoms with van der Waals surface area (Å²) in [6.07, 6.45) is 0. The van der Waals surface area contributed by atoms with Gasteiger partial charge in [0.15, 0.2) is 0 Å². The number of halogens is 2. The standard InChI is InChI=1S/C8H10F2N2O2S/c9-6-15(13,14)12(10)8-3-1-2-7(4-8)5-11/h1-4H,5-6,11H2. The van der Waals surface area contributed by atoms with Crippen LogP contribution in [-0.4, -0.2) is 14.4 Å². The molecule has 0 aliphatic heterocycles. The van der Waals surface area contributed by atoms with Crippen molar-refractivity contribution in [2.75, 3.05) is 10.5 Å². The van der Waals surface area contributed by atoms with Crippen molar-refractivity contribution >= 4 is 15.7 Å². The predicted octanol–water partition coefficient (Wildman–Crippen LogP) is 1.09. The molecule has 0 heterocycles. The third-order valence-corrected chi connectivity index (χ3v) is 2.71. The van der Waals surface area contributed by atoms with Gasteiger partial charge in [-0.25, -0.2) is 12.8 Å². The van der Waals surface area contributed by atoms with Gasteiger partial charge in [0.2, 0.25) is 6.01 Å². The van der Waals surface area contributed by atoms with Crippen LogP contribution in [-0.2, 0) is 16.6 Å². The second-order valence-electron chi connectivity index (χ2n) is 2.81. The maximum atomic E-state index is 13.2. The molecule has 0 radical (unpaired) electrons. The molecule has 4 nitrogen and oxygen atoms in total. The van der Waals surface area contributed by atoms with Crippen molar-refractivity contribution in [1.29, 1.82) is 0 Å². The Labute approximate surface area is 86.3 Å². The van der Waals surface area contributed by atoms with E-state index in [1.165, 1.54) is 18.2 Å². The Bertz CT molecular complexity index is 436. The molecule has 1 rings (SSSR count). The molecule has 15 heavy (non-hydrogen) atoms. The quantitative estimate of drug-likeness (QED) is 0.796. The van der Waals surface area contributed by atoms with E-state index < -0.39 is 20.6 Å². The summed E-state index contributed by atoms with van der Waals surface area (Å²) in [4.78, 5) is 0. The summed E-state index contributed by atoms with van der Waals surface area (Å²) >= 11 is 0. The number of alkyl halides is 1. The molecule has 0 saturated carbocycles. The number of nitrogens with zero attached hydrogens (tertiary/aromatic N) is 1. The SMILES string of the molecule is NCc1cccc(N(F)S(=O)(=O)CF)c1. The van der Waals surface area contributed by atoms with E-state index in [0.29, 0.717) is 5.56 Å². The molecular formula is C8H10F2N2O2S. The first-order valence-corrected chi connectivity index (χ1v) is 5.66. The molecule has 0 saturated heterocycles. The molecule has 0 spiro atoms. The van der Waals surface area contributed by atoms with Gasteiger partial charge >= 0.3 is 0 Å². The highest BCUT2D eigenvalue weighted by molar-refractivity contribution is 7.92. The van der Waals surface area contributed by atoms with E-state index in [1.54, 1.807) is 6.07 Å². The molecule has 84 valence electrons. The van der Waals surface area contributed by atoms with Crippen molar-refractivity contribution in [3.05, 3.63) is 29.8 Å². The molecule has 7 heteroatoms. The zero-order valence-electron chi connectivity index (χ0n) is 7.73. The van der Waals surface area contributed by atoms with Crippen LogP contribution in [0.25, 0.3) is 0 Å².